The first-order chi connectivity index (χ1) is 5.27. The van der Waals surface area contributed by atoms with E-state index in [0.29, 0.717) is 0 Å². The molecule has 0 N–H and O–H groups in total. The first-order valence-corrected chi connectivity index (χ1v) is 4.74. The van der Waals surface area contributed by atoms with Crippen LogP contribution in [0.2, 0.25) is 5.02 Å². The number of hydrogen-bond donors (Lipinski definition) is 0. The van der Waals surface area contributed by atoms with Gasteiger partial charge in [0, 0.05) is 11.4 Å². The van der Waals surface area contributed by atoms with Crippen molar-refractivity contribution in [1.29, 1.82) is 0 Å². The van der Waals surface area contributed by atoms with Gasteiger partial charge >= 0.3 is 0 Å². The highest BCUT2D eigenvalue weighted by molar-refractivity contribution is 14.1. The van der Waals surface area contributed by atoms with Crippen LogP contribution in [0.3, 0.4) is 0 Å². The summed E-state index contributed by atoms with van der Waals surface area (Å²) in [5.74, 6) is 0. The fraction of sp³-hybridized carbons (Fsp3) is 0.143. The van der Waals surface area contributed by atoms with Gasteiger partial charge in [-0.25, -0.2) is 9.98 Å². The van der Waals surface area contributed by atoms with Crippen molar-refractivity contribution < 1.29 is 0 Å². The van der Waals surface area contributed by atoms with E-state index in [2.05, 4.69) is 32.6 Å². The molecule has 2 heterocycles. The van der Waals surface area contributed by atoms with Crippen LogP contribution in [0.5, 0.6) is 0 Å². The first kappa shape index (κ1) is 7.49. The van der Waals surface area contributed by atoms with Gasteiger partial charge in [0.15, 0.2) is 5.49 Å². The predicted octanol–water partition coefficient (Wildman–Crippen LogP) is 0.910. The Morgan fingerprint density at radius 2 is 2.36 bits per heavy atom. The van der Waals surface area contributed by atoms with Gasteiger partial charge in [0.1, 0.15) is 4.05 Å². The molecule has 0 bridgehead atoms. The quantitative estimate of drug-likeness (QED) is 0.393. The normalized spacial score (nSPS) is 20.4. The Bertz CT molecular complexity index is 401. The highest BCUT2D eigenvalue weighted by atomic mass is 127. The lowest BCUT2D eigenvalue weighted by molar-refractivity contribution is 1.08. The average molecular weight is 278 g/mol. The van der Waals surface area contributed by atoms with E-state index in [-0.39, 0.29) is 4.05 Å². The molecule has 0 radical (unpaired) electrons. The van der Waals surface area contributed by atoms with Crippen LogP contribution in [0, 0.1) is 0 Å². The number of alkyl halides is 1. The largest absolute Gasteiger partial charge is 0.248 e. The number of pyridine rings is 1. The molecular formula is C7H4ClIN2. The van der Waals surface area contributed by atoms with Crippen LogP contribution >= 0.6 is 34.2 Å². The summed E-state index contributed by atoms with van der Waals surface area (Å²) >= 11 is 8.12. The molecule has 2 nitrogen and oxygen atoms in total. The van der Waals surface area contributed by atoms with Crippen molar-refractivity contribution in [1.82, 2.24) is 4.98 Å². The van der Waals surface area contributed by atoms with Gasteiger partial charge in [-0.15, -0.1) is 0 Å². The number of hydrogen-bond acceptors (Lipinski definition) is 2. The first-order valence-electron chi connectivity index (χ1n) is 3.11. The van der Waals surface area contributed by atoms with Crippen molar-refractivity contribution in [2.45, 2.75) is 4.05 Å². The van der Waals surface area contributed by atoms with Gasteiger partial charge < -0.3 is 0 Å². The van der Waals surface area contributed by atoms with E-state index >= 15 is 0 Å². The van der Waals surface area contributed by atoms with Crippen LogP contribution in [0.25, 0.3) is 6.08 Å². The zero-order valence-corrected chi connectivity index (χ0v) is 8.37. The highest BCUT2D eigenvalue weighted by Gasteiger charge is 2.06. The third kappa shape index (κ3) is 1.27. The minimum Gasteiger partial charge on any atom is -0.248 e. The standard InChI is InChI=1S/C7H4ClIN2/c8-5-1-2-10-7-4(5)3-6(9)11-7/h1-3,6H/t6-/m0/s1. The third-order valence-electron chi connectivity index (χ3n) is 1.47. The summed E-state index contributed by atoms with van der Waals surface area (Å²) in [5, 5.41) is 1.70. The Hall–Kier alpha value is -0.160. The van der Waals surface area contributed by atoms with Gasteiger partial charge in [-0.2, -0.15) is 0 Å². The predicted molar refractivity (Wildman–Crippen MR) is 52.3 cm³/mol. The van der Waals surface area contributed by atoms with Crippen LogP contribution in [-0.4, -0.2) is 9.03 Å². The minimum atomic E-state index is 0.190. The summed E-state index contributed by atoms with van der Waals surface area (Å²) in [6.07, 6.45) is 3.68. The van der Waals surface area contributed by atoms with E-state index in [4.69, 9.17) is 11.6 Å². The van der Waals surface area contributed by atoms with Crippen LogP contribution in [0.15, 0.2) is 17.3 Å². The summed E-state index contributed by atoms with van der Waals surface area (Å²) < 4.78 is 0.190. The van der Waals surface area contributed by atoms with Crippen molar-refractivity contribution >= 4 is 40.3 Å². The van der Waals surface area contributed by atoms with Gasteiger partial charge in [0.05, 0.1) is 5.02 Å². The number of nitrogens with zero attached hydrogens (tertiary/aromatic N) is 2. The number of fused-ring (bicyclic) bond motifs is 1. The smallest absolute Gasteiger partial charge is 0.157 e. The molecule has 0 amide bonds. The summed E-state index contributed by atoms with van der Waals surface area (Å²) in [4.78, 5) is 8.33. The lowest BCUT2D eigenvalue weighted by Gasteiger charge is -1.85. The maximum Gasteiger partial charge on any atom is 0.157 e. The van der Waals surface area contributed by atoms with Gasteiger partial charge in [0.25, 0.3) is 0 Å². The van der Waals surface area contributed by atoms with E-state index in [9.17, 15) is 0 Å². The van der Waals surface area contributed by atoms with Crippen LogP contribution < -0.4 is 10.7 Å². The molecular weight excluding hydrogens is 274 g/mol. The molecule has 0 spiro atoms. The van der Waals surface area contributed by atoms with Crippen molar-refractivity contribution in [2.24, 2.45) is 4.99 Å². The summed E-state index contributed by atoms with van der Waals surface area (Å²) in [7, 11) is 0. The average Bonchev–Trinajstić information content (AvgIpc) is 2.31. The zero-order chi connectivity index (χ0) is 7.84. The number of rotatable bonds is 0. The molecule has 1 atom stereocenters. The van der Waals surface area contributed by atoms with Gasteiger partial charge in [-0.1, -0.05) is 34.2 Å². The van der Waals surface area contributed by atoms with Gasteiger partial charge in [0.2, 0.25) is 0 Å². The van der Waals surface area contributed by atoms with E-state index in [1.807, 2.05) is 6.08 Å². The molecule has 0 saturated carbocycles. The maximum atomic E-state index is 5.90. The third-order valence-corrected chi connectivity index (χ3v) is 2.43. The molecule has 11 heavy (non-hydrogen) atoms. The molecule has 1 aliphatic heterocycles. The Kier molecular flexibility index (Phi) is 1.85. The fourth-order valence-corrected chi connectivity index (χ4v) is 1.82. The number of aromatic nitrogens is 1. The lowest BCUT2D eigenvalue weighted by Crippen LogP contribution is -2.25. The van der Waals surface area contributed by atoms with Crippen molar-refractivity contribution in [3.8, 4) is 0 Å². The van der Waals surface area contributed by atoms with Crippen molar-refractivity contribution in [3.63, 3.8) is 0 Å². The molecule has 0 aromatic carbocycles. The van der Waals surface area contributed by atoms with Crippen LogP contribution in [0.4, 0.5) is 0 Å². The molecule has 0 unspecified atom stereocenters. The van der Waals surface area contributed by atoms with Crippen molar-refractivity contribution in [2.75, 3.05) is 0 Å². The Morgan fingerprint density at radius 1 is 1.55 bits per heavy atom. The molecule has 0 fully saturated rings. The molecule has 1 aliphatic rings. The molecule has 1 aromatic heterocycles. The molecule has 1 aromatic rings. The van der Waals surface area contributed by atoms with E-state index in [1.165, 1.54) is 0 Å². The second kappa shape index (κ2) is 2.71. The molecule has 56 valence electrons. The highest BCUT2D eigenvalue weighted by Crippen LogP contribution is 2.06. The van der Waals surface area contributed by atoms with Crippen molar-refractivity contribution in [3.05, 3.63) is 28.0 Å². The van der Waals surface area contributed by atoms with E-state index in [0.717, 1.165) is 15.7 Å². The molecule has 2 rings (SSSR count). The second-order valence-corrected chi connectivity index (χ2v) is 3.88. The zero-order valence-electron chi connectivity index (χ0n) is 5.46. The fourth-order valence-electron chi connectivity index (χ4n) is 0.988. The Labute approximate surface area is 82.1 Å². The Balaban J connectivity index is 2.87. The summed E-state index contributed by atoms with van der Waals surface area (Å²) in [5.41, 5.74) is 0.761. The van der Waals surface area contributed by atoms with E-state index in [1.54, 1.807) is 12.3 Å². The van der Waals surface area contributed by atoms with Gasteiger partial charge in [-0.3, -0.25) is 0 Å². The number of halogens is 2. The van der Waals surface area contributed by atoms with Crippen LogP contribution in [-0.2, 0) is 0 Å². The minimum absolute atomic E-state index is 0.190. The maximum absolute atomic E-state index is 5.90. The topological polar surface area (TPSA) is 25.2 Å². The summed E-state index contributed by atoms with van der Waals surface area (Å²) in [6, 6.07) is 1.78. The van der Waals surface area contributed by atoms with Crippen LogP contribution in [0.1, 0.15) is 0 Å². The SMILES string of the molecule is Clc1ccnc2c1=C[C@@H](I)N=2. The molecule has 0 aliphatic carbocycles. The molecule has 0 saturated heterocycles. The van der Waals surface area contributed by atoms with Gasteiger partial charge in [-0.05, 0) is 12.1 Å². The Morgan fingerprint density at radius 3 is 3.09 bits per heavy atom. The lowest BCUT2D eigenvalue weighted by atomic mass is 10.4. The van der Waals surface area contributed by atoms with E-state index < -0.39 is 0 Å². The summed E-state index contributed by atoms with van der Waals surface area (Å²) in [6.45, 7) is 0. The monoisotopic (exact) mass is 278 g/mol. The molecule has 4 heteroatoms. The second-order valence-electron chi connectivity index (χ2n) is 2.20.